The van der Waals surface area contributed by atoms with Crippen LogP contribution >= 0.6 is 0 Å². The van der Waals surface area contributed by atoms with Crippen LogP contribution in [0, 0.1) is 11.3 Å². The van der Waals surface area contributed by atoms with Crippen molar-refractivity contribution < 1.29 is 4.79 Å². The minimum absolute atomic E-state index is 0.110. The maximum atomic E-state index is 12.3. The van der Waals surface area contributed by atoms with Gasteiger partial charge in [0.15, 0.2) is 0 Å². The molecule has 0 aliphatic heterocycles. The number of anilines is 1. The average Bonchev–Trinajstić information content (AvgIpc) is 3.23. The Bertz CT molecular complexity index is 834. The van der Waals surface area contributed by atoms with Gasteiger partial charge in [-0.05, 0) is 61.1 Å². The molecule has 2 aliphatic carbocycles. The average molecular weight is 319 g/mol. The van der Waals surface area contributed by atoms with E-state index in [0.29, 0.717) is 0 Å². The lowest BCUT2D eigenvalue weighted by molar-refractivity contribution is -0.120. The summed E-state index contributed by atoms with van der Waals surface area (Å²) in [5, 5.41) is 18.1. The van der Waals surface area contributed by atoms with Crippen LogP contribution in [0.5, 0.6) is 0 Å². The van der Waals surface area contributed by atoms with E-state index in [0.717, 1.165) is 44.2 Å². The Morgan fingerprint density at radius 1 is 1.12 bits per heavy atom. The molecular weight excluding hydrogens is 298 g/mol. The Morgan fingerprint density at radius 2 is 1.88 bits per heavy atom. The van der Waals surface area contributed by atoms with E-state index in [9.17, 15) is 10.1 Å². The Labute approximate surface area is 141 Å². The summed E-state index contributed by atoms with van der Waals surface area (Å²) in [6.45, 7) is 0.197. The summed E-state index contributed by atoms with van der Waals surface area (Å²) in [5.74, 6) is -0.110. The van der Waals surface area contributed by atoms with E-state index < -0.39 is 5.54 Å². The number of hydrogen-bond acceptors (Lipinski definition) is 3. The predicted octanol–water partition coefficient (Wildman–Crippen LogP) is 3.30. The fourth-order valence-corrected chi connectivity index (χ4v) is 4.13. The molecule has 0 saturated heterocycles. The molecule has 2 N–H and O–H groups in total. The second-order valence-corrected chi connectivity index (χ2v) is 6.91. The number of nitriles is 1. The Kier molecular flexibility index (Phi) is 3.65. The molecule has 2 aromatic rings. The first-order valence-electron chi connectivity index (χ1n) is 8.70. The summed E-state index contributed by atoms with van der Waals surface area (Å²) < 4.78 is 0. The van der Waals surface area contributed by atoms with Gasteiger partial charge in [-0.25, -0.2) is 0 Å². The normalized spacial score (nSPS) is 17.6. The molecule has 4 rings (SSSR count). The fraction of sp³-hybridized carbons (Fsp3) is 0.400. The third-order valence-corrected chi connectivity index (χ3v) is 5.37. The zero-order valence-electron chi connectivity index (χ0n) is 13.7. The molecule has 0 unspecified atom stereocenters. The first kappa shape index (κ1) is 15.0. The van der Waals surface area contributed by atoms with E-state index >= 15 is 0 Å². The van der Waals surface area contributed by atoms with Crippen molar-refractivity contribution >= 4 is 22.4 Å². The molecule has 2 aliphatic rings. The van der Waals surface area contributed by atoms with Gasteiger partial charge in [0, 0.05) is 11.1 Å². The van der Waals surface area contributed by atoms with Crippen molar-refractivity contribution in [1.29, 1.82) is 5.26 Å². The molecule has 0 radical (unpaired) electrons. The van der Waals surface area contributed by atoms with Crippen molar-refractivity contribution in [2.24, 2.45) is 0 Å². The van der Waals surface area contributed by atoms with Crippen LogP contribution in [-0.4, -0.2) is 18.0 Å². The zero-order valence-corrected chi connectivity index (χ0v) is 13.7. The molecule has 0 aromatic heterocycles. The summed E-state index contributed by atoms with van der Waals surface area (Å²) in [4.78, 5) is 12.3. The summed E-state index contributed by atoms with van der Waals surface area (Å²) in [7, 11) is 0. The third kappa shape index (κ3) is 2.50. The van der Waals surface area contributed by atoms with Gasteiger partial charge in [-0.2, -0.15) is 5.26 Å². The van der Waals surface area contributed by atoms with E-state index in [1.54, 1.807) is 0 Å². The molecule has 4 heteroatoms. The lowest BCUT2D eigenvalue weighted by Crippen LogP contribution is -2.47. The summed E-state index contributed by atoms with van der Waals surface area (Å²) in [5.41, 5.74) is 3.13. The number of hydrogen-bond donors (Lipinski definition) is 2. The second-order valence-electron chi connectivity index (χ2n) is 6.91. The quantitative estimate of drug-likeness (QED) is 0.909. The molecule has 122 valence electrons. The van der Waals surface area contributed by atoms with Crippen LogP contribution in [0.25, 0.3) is 10.8 Å². The summed E-state index contributed by atoms with van der Waals surface area (Å²) >= 11 is 0. The minimum Gasteiger partial charge on any atom is -0.376 e. The van der Waals surface area contributed by atoms with Crippen molar-refractivity contribution in [2.45, 2.75) is 44.1 Å². The molecule has 0 atom stereocenters. The van der Waals surface area contributed by atoms with Crippen LogP contribution in [-0.2, 0) is 17.6 Å². The molecule has 0 heterocycles. The highest BCUT2D eigenvalue weighted by Crippen LogP contribution is 2.35. The van der Waals surface area contributed by atoms with Gasteiger partial charge in [-0.15, -0.1) is 0 Å². The molecule has 1 amide bonds. The van der Waals surface area contributed by atoms with Gasteiger partial charge in [-0.3, -0.25) is 4.79 Å². The number of carbonyl (C=O) groups is 1. The van der Waals surface area contributed by atoms with Crippen LogP contribution in [0.4, 0.5) is 5.69 Å². The van der Waals surface area contributed by atoms with E-state index in [-0.39, 0.29) is 12.5 Å². The van der Waals surface area contributed by atoms with Crippen LogP contribution in [0.1, 0.15) is 36.8 Å². The SMILES string of the molecule is N#CC1(NC(=O)CNc2ccc3c4c(cccc24)CC3)CCCC1. The molecule has 24 heavy (non-hydrogen) atoms. The lowest BCUT2D eigenvalue weighted by Gasteiger charge is -2.22. The number of carbonyl (C=O) groups excluding carboxylic acids is 1. The van der Waals surface area contributed by atoms with Gasteiger partial charge in [0.1, 0.15) is 5.54 Å². The van der Waals surface area contributed by atoms with E-state index in [4.69, 9.17) is 0 Å². The topological polar surface area (TPSA) is 64.9 Å². The highest BCUT2D eigenvalue weighted by atomic mass is 16.2. The van der Waals surface area contributed by atoms with Gasteiger partial charge in [-0.1, -0.05) is 24.3 Å². The van der Waals surface area contributed by atoms with Crippen molar-refractivity contribution in [3.63, 3.8) is 0 Å². The van der Waals surface area contributed by atoms with Crippen LogP contribution in [0.3, 0.4) is 0 Å². The largest absolute Gasteiger partial charge is 0.376 e. The van der Waals surface area contributed by atoms with Crippen LogP contribution < -0.4 is 10.6 Å². The Hall–Kier alpha value is -2.54. The maximum Gasteiger partial charge on any atom is 0.240 e. The molecule has 2 aromatic carbocycles. The first-order chi connectivity index (χ1) is 11.7. The molecular formula is C20H21N3O. The fourth-order valence-electron chi connectivity index (χ4n) is 4.13. The molecule has 0 bridgehead atoms. The van der Waals surface area contributed by atoms with Gasteiger partial charge >= 0.3 is 0 Å². The maximum absolute atomic E-state index is 12.3. The molecule has 1 saturated carbocycles. The number of aryl methyl sites for hydroxylation is 2. The summed E-state index contributed by atoms with van der Waals surface area (Å²) in [6, 6.07) is 12.9. The van der Waals surface area contributed by atoms with E-state index in [1.165, 1.54) is 21.9 Å². The van der Waals surface area contributed by atoms with Gasteiger partial charge in [0.2, 0.25) is 5.91 Å². The monoisotopic (exact) mass is 319 g/mol. The van der Waals surface area contributed by atoms with Crippen molar-refractivity contribution in [3.05, 3.63) is 41.5 Å². The van der Waals surface area contributed by atoms with Crippen molar-refractivity contribution in [3.8, 4) is 6.07 Å². The number of amides is 1. The number of nitrogens with zero attached hydrogens (tertiary/aromatic N) is 1. The molecule has 4 nitrogen and oxygen atoms in total. The molecule has 1 fully saturated rings. The van der Waals surface area contributed by atoms with Gasteiger partial charge < -0.3 is 10.6 Å². The van der Waals surface area contributed by atoms with Crippen LogP contribution in [0.15, 0.2) is 30.3 Å². The second kappa shape index (κ2) is 5.83. The third-order valence-electron chi connectivity index (χ3n) is 5.37. The van der Waals surface area contributed by atoms with Crippen LogP contribution in [0.2, 0.25) is 0 Å². The molecule has 0 spiro atoms. The lowest BCUT2D eigenvalue weighted by atomic mass is 10.00. The smallest absolute Gasteiger partial charge is 0.240 e. The Balaban J connectivity index is 1.50. The standard InChI is InChI=1S/C20H21N3O/c21-13-20(10-1-2-11-20)23-18(24)12-22-17-9-8-15-7-6-14-4-3-5-16(17)19(14)15/h3-5,8-9,22H,1-2,6-7,10-12H2,(H,23,24). The first-order valence-corrected chi connectivity index (χ1v) is 8.70. The van der Waals surface area contributed by atoms with E-state index in [2.05, 4.69) is 47.0 Å². The Morgan fingerprint density at radius 3 is 2.62 bits per heavy atom. The van der Waals surface area contributed by atoms with Gasteiger partial charge in [0.25, 0.3) is 0 Å². The number of nitrogens with one attached hydrogen (secondary N) is 2. The van der Waals surface area contributed by atoms with Crippen molar-refractivity contribution in [2.75, 3.05) is 11.9 Å². The highest BCUT2D eigenvalue weighted by Gasteiger charge is 2.35. The zero-order chi connectivity index (χ0) is 16.6. The van der Waals surface area contributed by atoms with Crippen molar-refractivity contribution in [1.82, 2.24) is 5.32 Å². The minimum atomic E-state index is -0.652. The summed E-state index contributed by atoms with van der Waals surface area (Å²) in [6.07, 6.45) is 5.74. The predicted molar refractivity (Wildman–Crippen MR) is 94.8 cm³/mol. The number of rotatable bonds is 4. The highest BCUT2D eigenvalue weighted by molar-refractivity contribution is 6.00. The van der Waals surface area contributed by atoms with E-state index in [1.807, 2.05) is 0 Å². The van der Waals surface area contributed by atoms with Gasteiger partial charge in [0.05, 0.1) is 12.6 Å². The number of benzene rings is 2.